The number of nitrogens with one attached hydrogen (secondary N) is 1. The first kappa shape index (κ1) is 23.9. The van der Waals surface area contributed by atoms with Gasteiger partial charge in [-0.1, -0.05) is 42.0 Å². The zero-order valence-corrected chi connectivity index (χ0v) is 19.2. The van der Waals surface area contributed by atoms with E-state index in [0.717, 1.165) is 16.7 Å². The lowest BCUT2D eigenvalue weighted by molar-refractivity contribution is -0.139. The molecular formula is C24H31FN2O2S. The molecule has 0 fully saturated rings. The third-order valence-electron chi connectivity index (χ3n) is 4.51. The average molecular weight is 431 g/mol. The van der Waals surface area contributed by atoms with E-state index in [4.69, 9.17) is 0 Å². The van der Waals surface area contributed by atoms with Gasteiger partial charge in [-0.2, -0.15) is 0 Å². The Morgan fingerprint density at radius 2 is 1.77 bits per heavy atom. The Morgan fingerprint density at radius 3 is 2.37 bits per heavy atom. The summed E-state index contributed by atoms with van der Waals surface area (Å²) >= 11 is 1.46. The van der Waals surface area contributed by atoms with Gasteiger partial charge < -0.3 is 10.2 Å². The lowest BCUT2D eigenvalue weighted by Gasteiger charge is -2.31. The van der Waals surface area contributed by atoms with Gasteiger partial charge in [0.15, 0.2) is 0 Å². The second kappa shape index (κ2) is 10.6. The molecule has 0 aliphatic carbocycles. The molecule has 2 aromatic carbocycles. The molecule has 2 rings (SSSR count). The highest BCUT2D eigenvalue weighted by Gasteiger charge is 2.28. The van der Waals surface area contributed by atoms with Crippen LogP contribution in [-0.2, 0) is 21.9 Å². The SMILES string of the molecule is Cc1cccc(CN(C(=O)CSCc2ccc(F)cc2)[C@@H](C)C(=O)NC(C)(C)C)c1. The topological polar surface area (TPSA) is 49.4 Å². The maximum atomic E-state index is 13.1. The minimum absolute atomic E-state index is 0.0971. The zero-order chi connectivity index (χ0) is 22.3. The molecule has 162 valence electrons. The Hall–Kier alpha value is -2.34. The summed E-state index contributed by atoms with van der Waals surface area (Å²) in [6.45, 7) is 9.90. The van der Waals surface area contributed by atoms with E-state index < -0.39 is 6.04 Å². The standard InChI is InChI=1S/C24H31FN2O2S/c1-17-7-6-8-20(13-17)14-27(18(2)23(29)26-24(3,4)5)22(28)16-30-15-19-9-11-21(25)12-10-19/h6-13,18H,14-16H2,1-5H3,(H,26,29)/t18-/m0/s1. The molecule has 0 aliphatic heterocycles. The Labute approximate surface area is 183 Å². The van der Waals surface area contributed by atoms with Crippen molar-refractivity contribution in [2.24, 2.45) is 0 Å². The molecule has 0 bridgehead atoms. The fourth-order valence-electron chi connectivity index (χ4n) is 2.98. The summed E-state index contributed by atoms with van der Waals surface area (Å²) in [6.07, 6.45) is 0. The maximum Gasteiger partial charge on any atom is 0.242 e. The van der Waals surface area contributed by atoms with Crippen molar-refractivity contribution in [2.45, 2.75) is 58.5 Å². The summed E-state index contributed by atoms with van der Waals surface area (Å²) in [6, 6.07) is 13.6. The van der Waals surface area contributed by atoms with Crippen LogP contribution in [0.15, 0.2) is 48.5 Å². The van der Waals surface area contributed by atoms with Crippen molar-refractivity contribution in [1.29, 1.82) is 0 Å². The predicted molar refractivity (Wildman–Crippen MR) is 122 cm³/mol. The van der Waals surface area contributed by atoms with E-state index >= 15 is 0 Å². The Kier molecular flexibility index (Phi) is 8.47. The number of hydrogen-bond donors (Lipinski definition) is 1. The molecule has 30 heavy (non-hydrogen) atoms. The summed E-state index contributed by atoms with van der Waals surface area (Å²) < 4.78 is 13.1. The maximum absolute atomic E-state index is 13.1. The summed E-state index contributed by atoms with van der Waals surface area (Å²) in [5, 5.41) is 2.96. The third kappa shape index (κ3) is 7.82. The molecule has 4 nitrogen and oxygen atoms in total. The van der Waals surface area contributed by atoms with Crippen molar-refractivity contribution < 1.29 is 14.0 Å². The predicted octanol–water partition coefficient (Wildman–Crippen LogP) is 4.70. The van der Waals surface area contributed by atoms with Gasteiger partial charge in [-0.15, -0.1) is 11.8 Å². The van der Waals surface area contributed by atoms with Gasteiger partial charge in [0.1, 0.15) is 11.9 Å². The van der Waals surface area contributed by atoms with E-state index in [2.05, 4.69) is 5.32 Å². The van der Waals surface area contributed by atoms with Crippen LogP contribution in [0.1, 0.15) is 44.4 Å². The summed E-state index contributed by atoms with van der Waals surface area (Å²) in [4.78, 5) is 27.4. The average Bonchev–Trinajstić information content (AvgIpc) is 2.65. The molecule has 1 atom stereocenters. The second-order valence-corrected chi connectivity index (χ2v) is 9.53. The largest absolute Gasteiger partial charge is 0.350 e. The number of hydrogen-bond acceptors (Lipinski definition) is 3. The Bertz CT molecular complexity index is 862. The van der Waals surface area contributed by atoms with Crippen molar-refractivity contribution >= 4 is 23.6 Å². The summed E-state index contributed by atoms with van der Waals surface area (Å²) in [7, 11) is 0. The van der Waals surface area contributed by atoms with Crippen LogP contribution >= 0.6 is 11.8 Å². The molecule has 0 saturated carbocycles. The van der Waals surface area contributed by atoms with Crippen molar-refractivity contribution in [3.05, 3.63) is 71.0 Å². The van der Waals surface area contributed by atoms with E-state index in [1.165, 1.54) is 23.9 Å². The molecule has 6 heteroatoms. The van der Waals surface area contributed by atoms with E-state index in [1.807, 2.05) is 52.0 Å². The number of rotatable bonds is 8. The normalized spacial score (nSPS) is 12.3. The van der Waals surface area contributed by atoms with Crippen LogP contribution < -0.4 is 5.32 Å². The van der Waals surface area contributed by atoms with Gasteiger partial charge in [-0.05, 0) is 57.9 Å². The highest BCUT2D eigenvalue weighted by molar-refractivity contribution is 7.99. The van der Waals surface area contributed by atoms with Crippen LogP contribution in [-0.4, -0.2) is 34.0 Å². The molecule has 2 aromatic rings. The molecule has 0 aliphatic rings. The molecule has 0 radical (unpaired) electrons. The van der Waals surface area contributed by atoms with Crippen LogP contribution in [0, 0.1) is 12.7 Å². The molecule has 0 saturated heterocycles. The molecule has 0 unspecified atom stereocenters. The molecule has 1 N–H and O–H groups in total. The molecule has 0 aromatic heterocycles. The van der Waals surface area contributed by atoms with Gasteiger partial charge >= 0.3 is 0 Å². The van der Waals surface area contributed by atoms with Gasteiger partial charge in [0.2, 0.25) is 11.8 Å². The smallest absolute Gasteiger partial charge is 0.242 e. The van der Waals surface area contributed by atoms with Crippen LogP contribution in [0.3, 0.4) is 0 Å². The zero-order valence-electron chi connectivity index (χ0n) is 18.4. The van der Waals surface area contributed by atoms with E-state index in [-0.39, 0.29) is 28.9 Å². The number of amides is 2. The Morgan fingerprint density at radius 1 is 1.10 bits per heavy atom. The van der Waals surface area contributed by atoms with Crippen molar-refractivity contribution in [1.82, 2.24) is 10.2 Å². The third-order valence-corrected chi connectivity index (χ3v) is 5.50. The fraction of sp³-hybridized carbons (Fsp3) is 0.417. The van der Waals surface area contributed by atoms with Crippen LogP contribution in [0.25, 0.3) is 0 Å². The quantitative estimate of drug-likeness (QED) is 0.660. The van der Waals surface area contributed by atoms with Gasteiger partial charge in [-0.3, -0.25) is 9.59 Å². The molecule has 0 spiro atoms. The van der Waals surface area contributed by atoms with Crippen molar-refractivity contribution in [3.63, 3.8) is 0 Å². The van der Waals surface area contributed by atoms with E-state index in [9.17, 15) is 14.0 Å². The van der Waals surface area contributed by atoms with E-state index in [0.29, 0.717) is 12.3 Å². The van der Waals surface area contributed by atoms with E-state index in [1.54, 1.807) is 24.0 Å². The number of halogens is 1. The number of carbonyl (C=O) groups is 2. The number of thioether (sulfide) groups is 1. The van der Waals surface area contributed by atoms with Gasteiger partial charge in [0.25, 0.3) is 0 Å². The highest BCUT2D eigenvalue weighted by atomic mass is 32.2. The molecule has 0 heterocycles. The monoisotopic (exact) mass is 430 g/mol. The first-order chi connectivity index (χ1) is 14.0. The highest BCUT2D eigenvalue weighted by Crippen LogP contribution is 2.17. The minimum atomic E-state index is -0.594. The first-order valence-electron chi connectivity index (χ1n) is 10.0. The van der Waals surface area contributed by atoms with Gasteiger partial charge in [0, 0.05) is 17.8 Å². The lowest BCUT2D eigenvalue weighted by atomic mass is 10.1. The van der Waals surface area contributed by atoms with Crippen molar-refractivity contribution in [2.75, 3.05) is 5.75 Å². The van der Waals surface area contributed by atoms with Gasteiger partial charge in [-0.25, -0.2) is 4.39 Å². The molecule has 2 amide bonds. The fourth-order valence-corrected chi connectivity index (χ4v) is 3.85. The number of aryl methyl sites for hydroxylation is 1. The number of benzene rings is 2. The summed E-state index contributed by atoms with van der Waals surface area (Å²) in [5.74, 6) is 0.304. The minimum Gasteiger partial charge on any atom is -0.350 e. The first-order valence-corrected chi connectivity index (χ1v) is 11.2. The van der Waals surface area contributed by atoms with Gasteiger partial charge in [0.05, 0.1) is 5.75 Å². The van der Waals surface area contributed by atoms with Crippen LogP contribution in [0.2, 0.25) is 0 Å². The lowest BCUT2D eigenvalue weighted by Crippen LogP contribution is -2.52. The number of nitrogens with zero attached hydrogens (tertiary/aromatic N) is 1. The van der Waals surface area contributed by atoms with Crippen LogP contribution in [0.5, 0.6) is 0 Å². The Balaban J connectivity index is 2.09. The summed E-state index contributed by atoms with van der Waals surface area (Å²) in [5.41, 5.74) is 2.68. The van der Waals surface area contributed by atoms with Crippen LogP contribution in [0.4, 0.5) is 4.39 Å². The number of carbonyl (C=O) groups excluding carboxylic acids is 2. The van der Waals surface area contributed by atoms with Crippen molar-refractivity contribution in [3.8, 4) is 0 Å². The molecular weight excluding hydrogens is 399 g/mol. The second-order valence-electron chi connectivity index (χ2n) is 8.55.